The predicted octanol–water partition coefficient (Wildman–Crippen LogP) is 0.0678. The molecular weight excluding hydrogens is 116 g/mol. The number of aryl methyl sites for hydroxylation is 1. The average molecular weight is 122 g/mol. The van der Waals surface area contributed by atoms with Crippen molar-refractivity contribution in [2.45, 2.75) is 0 Å². The van der Waals surface area contributed by atoms with E-state index in [4.69, 9.17) is 0 Å². The Bertz CT molecular complexity index is 318. The van der Waals surface area contributed by atoms with Crippen molar-refractivity contribution in [1.82, 2.24) is 19.4 Å². The molecule has 0 radical (unpaired) electrons. The first kappa shape index (κ1) is 4.55. The van der Waals surface area contributed by atoms with Crippen LogP contribution in [-0.2, 0) is 7.05 Å². The molecule has 2 rings (SSSR count). The molecule has 0 fully saturated rings. The summed E-state index contributed by atoms with van der Waals surface area (Å²) in [6, 6.07) is 1.91. The maximum atomic E-state index is 3.95. The summed E-state index contributed by atoms with van der Waals surface area (Å²) >= 11 is 0. The van der Waals surface area contributed by atoms with Gasteiger partial charge in [-0.05, 0) is 0 Å². The molecule has 0 aromatic carbocycles. The van der Waals surface area contributed by atoms with Gasteiger partial charge < -0.3 is 4.57 Å². The second kappa shape index (κ2) is 1.34. The van der Waals surface area contributed by atoms with Crippen LogP contribution < -0.4 is 0 Å². The minimum Gasteiger partial charge on any atom is -0.317 e. The molecule has 9 heavy (non-hydrogen) atoms. The normalized spacial score (nSPS) is 10.8. The van der Waals surface area contributed by atoms with Crippen LogP contribution in [0.25, 0.3) is 5.65 Å². The van der Waals surface area contributed by atoms with Gasteiger partial charge in [0.2, 0.25) is 0 Å². The van der Waals surface area contributed by atoms with E-state index in [9.17, 15) is 0 Å². The van der Waals surface area contributed by atoms with Crippen LogP contribution in [0.2, 0.25) is 0 Å². The smallest absolute Gasteiger partial charge is 0.157 e. The summed E-state index contributed by atoms with van der Waals surface area (Å²) in [5.74, 6) is 0. The highest BCUT2D eigenvalue weighted by Gasteiger charge is 1.94. The first-order valence-corrected chi connectivity index (χ1v) is 2.69. The van der Waals surface area contributed by atoms with Crippen LogP contribution >= 0.6 is 0 Å². The number of fused-ring (bicyclic) bond motifs is 1. The zero-order valence-corrected chi connectivity index (χ0v) is 5.02. The summed E-state index contributed by atoms with van der Waals surface area (Å²) < 4.78 is 3.49. The molecule has 2 heterocycles. The van der Waals surface area contributed by atoms with Gasteiger partial charge in [0.15, 0.2) is 5.65 Å². The third-order valence-corrected chi connectivity index (χ3v) is 1.30. The molecule has 4 nitrogen and oxygen atoms in total. The molecule has 0 aliphatic carbocycles. The number of aromatic nitrogens is 4. The maximum Gasteiger partial charge on any atom is 0.157 e. The maximum absolute atomic E-state index is 3.95. The topological polar surface area (TPSA) is 35.1 Å². The number of hydrogen-bond acceptors (Lipinski definition) is 2. The SMILES string of the molecule is Cn1cnn2nccc12. The van der Waals surface area contributed by atoms with Gasteiger partial charge in [-0.25, -0.2) is 0 Å². The number of nitrogens with zero attached hydrogens (tertiary/aromatic N) is 4. The highest BCUT2D eigenvalue weighted by molar-refractivity contribution is 5.34. The lowest BCUT2D eigenvalue weighted by molar-refractivity contribution is 0.821. The lowest BCUT2D eigenvalue weighted by atomic mass is 10.7. The monoisotopic (exact) mass is 122 g/mol. The van der Waals surface area contributed by atoms with E-state index in [0.717, 1.165) is 5.65 Å². The predicted molar refractivity (Wildman–Crippen MR) is 32.0 cm³/mol. The highest BCUT2D eigenvalue weighted by Crippen LogP contribution is 1.95. The summed E-state index contributed by atoms with van der Waals surface area (Å²) in [6.45, 7) is 0. The van der Waals surface area contributed by atoms with E-state index in [2.05, 4.69) is 10.2 Å². The summed E-state index contributed by atoms with van der Waals surface area (Å²) in [6.07, 6.45) is 3.45. The largest absolute Gasteiger partial charge is 0.317 e. The fourth-order valence-corrected chi connectivity index (χ4v) is 0.822. The van der Waals surface area contributed by atoms with E-state index in [1.807, 2.05) is 17.7 Å². The Kier molecular flexibility index (Phi) is 0.677. The summed E-state index contributed by atoms with van der Waals surface area (Å²) in [7, 11) is 1.93. The second-order valence-corrected chi connectivity index (χ2v) is 1.92. The molecule has 0 unspecified atom stereocenters. The number of rotatable bonds is 0. The molecule has 0 spiro atoms. The van der Waals surface area contributed by atoms with Crippen molar-refractivity contribution < 1.29 is 0 Å². The highest BCUT2D eigenvalue weighted by atomic mass is 15.5. The third-order valence-electron chi connectivity index (χ3n) is 1.30. The van der Waals surface area contributed by atoms with Crippen LogP contribution in [0, 0.1) is 0 Å². The average Bonchev–Trinajstić information content (AvgIpc) is 2.35. The van der Waals surface area contributed by atoms with Crippen molar-refractivity contribution in [1.29, 1.82) is 0 Å². The van der Waals surface area contributed by atoms with E-state index in [1.54, 1.807) is 17.2 Å². The Morgan fingerprint density at radius 2 is 2.33 bits per heavy atom. The molecule has 46 valence electrons. The van der Waals surface area contributed by atoms with Crippen LogP contribution in [0.15, 0.2) is 18.6 Å². The second-order valence-electron chi connectivity index (χ2n) is 1.92. The molecular formula is C5H6N4. The molecule has 4 heteroatoms. The Hall–Kier alpha value is -1.32. The van der Waals surface area contributed by atoms with E-state index in [-0.39, 0.29) is 0 Å². The lowest BCUT2D eigenvalue weighted by Crippen LogP contribution is -1.85. The Labute approximate surface area is 51.7 Å². The van der Waals surface area contributed by atoms with Gasteiger partial charge in [0.05, 0.1) is 6.20 Å². The molecule has 0 saturated heterocycles. The molecule has 0 aliphatic heterocycles. The van der Waals surface area contributed by atoms with E-state index < -0.39 is 0 Å². The van der Waals surface area contributed by atoms with Crippen molar-refractivity contribution in [3.8, 4) is 0 Å². The fraction of sp³-hybridized carbons (Fsp3) is 0.200. The molecule has 2 aromatic rings. The first-order chi connectivity index (χ1) is 4.38. The van der Waals surface area contributed by atoms with Gasteiger partial charge in [0.25, 0.3) is 0 Å². The molecule has 0 aliphatic rings. The van der Waals surface area contributed by atoms with Crippen LogP contribution in [0.3, 0.4) is 0 Å². The molecule has 0 N–H and O–H groups in total. The van der Waals surface area contributed by atoms with Crippen molar-refractivity contribution in [2.24, 2.45) is 7.05 Å². The van der Waals surface area contributed by atoms with Crippen LogP contribution in [-0.4, -0.2) is 19.4 Å². The van der Waals surface area contributed by atoms with Gasteiger partial charge >= 0.3 is 0 Å². The van der Waals surface area contributed by atoms with Crippen LogP contribution in [0.4, 0.5) is 0 Å². The summed E-state index contributed by atoms with van der Waals surface area (Å²) in [5.41, 5.74) is 1.01. The third kappa shape index (κ3) is 0.468. The lowest BCUT2D eigenvalue weighted by Gasteiger charge is -1.82. The quantitative estimate of drug-likeness (QED) is 0.495. The van der Waals surface area contributed by atoms with E-state index >= 15 is 0 Å². The van der Waals surface area contributed by atoms with Crippen LogP contribution in [0.1, 0.15) is 0 Å². The molecule has 0 atom stereocenters. The Morgan fingerprint density at radius 3 is 3.11 bits per heavy atom. The molecule has 0 amide bonds. The van der Waals surface area contributed by atoms with Gasteiger partial charge in [-0.1, -0.05) is 0 Å². The Balaban J connectivity index is 2.99. The molecule has 2 aromatic heterocycles. The van der Waals surface area contributed by atoms with Crippen molar-refractivity contribution >= 4 is 5.65 Å². The van der Waals surface area contributed by atoms with Gasteiger partial charge in [-0.2, -0.15) is 5.10 Å². The molecule has 0 bridgehead atoms. The standard InChI is InChI=1S/C5H6N4/c1-8-4-7-9-5(8)2-3-6-9/h2-4H,1H3. The van der Waals surface area contributed by atoms with Crippen molar-refractivity contribution in [2.75, 3.05) is 0 Å². The van der Waals surface area contributed by atoms with Gasteiger partial charge in [0, 0.05) is 13.1 Å². The van der Waals surface area contributed by atoms with E-state index in [0.29, 0.717) is 0 Å². The fourth-order valence-electron chi connectivity index (χ4n) is 0.822. The van der Waals surface area contributed by atoms with Crippen molar-refractivity contribution in [3.63, 3.8) is 0 Å². The van der Waals surface area contributed by atoms with Crippen LogP contribution in [0.5, 0.6) is 0 Å². The van der Waals surface area contributed by atoms with Gasteiger partial charge in [-0.3, -0.25) is 0 Å². The van der Waals surface area contributed by atoms with Gasteiger partial charge in [0.1, 0.15) is 6.33 Å². The minimum atomic E-state index is 1.01. The van der Waals surface area contributed by atoms with Gasteiger partial charge in [-0.15, -0.1) is 9.73 Å². The summed E-state index contributed by atoms with van der Waals surface area (Å²) in [4.78, 5) is 0. The summed E-state index contributed by atoms with van der Waals surface area (Å²) in [5, 5.41) is 7.87. The van der Waals surface area contributed by atoms with E-state index in [1.165, 1.54) is 0 Å². The Morgan fingerprint density at radius 1 is 1.44 bits per heavy atom. The number of hydrogen-bond donors (Lipinski definition) is 0. The first-order valence-electron chi connectivity index (χ1n) is 2.69. The zero-order chi connectivity index (χ0) is 6.27. The molecule has 0 saturated carbocycles. The minimum absolute atomic E-state index is 1.01. The van der Waals surface area contributed by atoms with Crippen molar-refractivity contribution in [3.05, 3.63) is 18.6 Å². The zero-order valence-electron chi connectivity index (χ0n) is 5.02.